The molecule has 1 aromatic rings. The molecular weight excluding hydrogens is 372 g/mol. The molecule has 4 nitrogen and oxygen atoms in total. The molecule has 0 aliphatic heterocycles. The Balaban J connectivity index is 0.00000361. The summed E-state index contributed by atoms with van der Waals surface area (Å²) < 4.78 is 18.6. The average molecular weight is 395 g/mol. The van der Waals surface area contributed by atoms with Crippen molar-refractivity contribution in [2.75, 3.05) is 26.8 Å². The Bertz CT molecular complexity index is 438. The van der Waals surface area contributed by atoms with E-state index in [4.69, 9.17) is 10.5 Å². The highest BCUT2D eigenvalue weighted by Gasteiger charge is 2.23. The number of nitrogens with two attached hydrogens (primary N) is 1. The Hall–Kier alpha value is -0.890. The number of nitrogens with zero attached hydrogens (tertiary/aromatic N) is 1. The standard InChI is InChI=1S/C14H22FN3O.HI/c1-14(2,11-6-4-5-7-12(11)15)10-18-13(16)17-8-9-19-3;/h4-7H,8-10H2,1-3H3,(H3,16,17,18);1H. The molecule has 0 aromatic heterocycles. The second-order valence-corrected chi connectivity index (χ2v) is 4.98. The molecule has 0 spiro atoms. The maximum Gasteiger partial charge on any atom is 0.188 e. The Kier molecular flexibility index (Phi) is 8.71. The molecular formula is C14H23FIN3O. The molecule has 0 heterocycles. The Morgan fingerprint density at radius 3 is 2.65 bits per heavy atom. The molecule has 0 unspecified atom stereocenters. The van der Waals surface area contributed by atoms with Gasteiger partial charge in [0.05, 0.1) is 13.2 Å². The van der Waals surface area contributed by atoms with Crippen molar-refractivity contribution in [3.8, 4) is 0 Å². The first-order valence-electron chi connectivity index (χ1n) is 6.25. The Morgan fingerprint density at radius 2 is 2.05 bits per heavy atom. The molecule has 0 aliphatic rings. The first-order valence-corrected chi connectivity index (χ1v) is 6.25. The molecule has 114 valence electrons. The van der Waals surface area contributed by atoms with Crippen LogP contribution in [-0.4, -0.2) is 32.8 Å². The van der Waals surface area contributed by atoms with Crippen LogP contribution in [0.3, 0.4) is 0 Å². The zero-order chi connectivity index (χ0) is 14.3. The van der Waals surface area contributed by atoms with E-state index in [1.807, 2.05) is 19.9 Å². The van der Waals surface area contributed by atoms with Gasteiger partial charge in [0.1, 0.15) is 5.82 Å². The number of ether oxygens (including phenoxy) is 1. The van der Waals surface area contributed by atoms with Crippen molar-refractivity contribution in [1.29, 1.82) is 0 Å². The van der Waals surface area contributed by atoms with Gasteiger partial charge in [0, 0.05) is 19.1 Å². The van der Waals surface area contributed by atoms with Crippen LogP contribution in [0.4, 0.5) is 4.39 Å². The maximum absolute atomic E-state index is 13.7. The average Bonchev–Trinajstić information content (AvgIpc) is 2.37. The van der Waals surface area contributed by atoms with E-state index in [2.05, 4.69) is 10.3 Å². The number of aliphatic imine (C=N–C) groups is 1. The van der Waals surface area contributed by atoms with Crippen LogP contribution in [0.1, 0.15) is 19.4 Å². The Labute approximate surface area is 137 Å². The van der Waals surface area contributed by atoms with Crippen LogP contribution < -0.4 is 11.1 Å². The molecule has 1 rings (SSSR count). The fourth-order valence-corrected chi connectivity index (χ4v) is 1.72. The zero-order valence-corrected chi connectivity index (χ0v) is 14.5. The third-order valence-electron chi connectivity index (χ3n) is 2.86. The lowest BCUT2D eigenvalue weighted by Crippen LogP contribution is -2.35. The second-order valence-electron chi connectivity index (χ2n) is 4.98. The highest BCUT2D eigenvalue weighted by Crippen LogP contribution is 2.25. The van der Waals surface area contributed by atoms with Crippen LogP contribution in [0.15, 0.2) is 29.3 Å². The predicted octanol–water partition coefficient (Wildman–Crippen LogP) is 2.27. The van der Waals surface area contributed by atoms with E-state index < -0.39 is 5.41 Å². The quantitative estimate of drug-likeness (QED) is 0.336. The van der Waals surface area contributed by atoms with Gasteiger partial charge in [-0.1, -0.05) is 32.0 Å². The second kappa shape index (κ2) is 9.12. The van der Waals surface area contributed by atoms with Gasteiger partial charge in [0.2, 0.25) is 0 Å². The van der Waals surface area contributed by atoms with Crippen LogP contribution in [0.25, 0.3) is 0 Å². The van der Waals surface area contributed by atoms with Gasteiger partial charge in [0.15, 0.2) is 5.96 Å². The minimum absolute atomic E-state index is 0. The van der Waals surface area contributed by atoms with Crippen LogP contribution in [-0.2, 0) is 10.2 Å². The summed E-state index contributed by atoms with van der Waals surface area (Å²) in [5.41, 5.74) is 5.97. The molecule has 0 saturated heterocycles. The molecule has 3 N–H and O–H groups in total. The van der Waals surface area contributed by atoms with Gasteiger partial charge in [-0.3, -0.25) is 4.99 Å². The highest BCUT2D eigenvalue weighted by molar-refractivity contribution is 14.0. The third kappa shape index (κ3) is 6.04. The summed E-state index contributed by atoms with van der Waals surface area (Å²) in [5.74, 6) is 0.134. The number of halogens is 2. The van der Waals surface area contributed by atoms with Gasteiger partial charge < -0.3 is 15.8 Å². The van der Waals surface area contributed by atoms with Gasteiger partial charge in [-0.2, -0.15) is 0 Å². The van der Waals surface area contributed by atoms with Crippen molar-refractivity contribution in [3.63, 3.8) is 0 Å². The number of rotatable bonds is 6. The van der Waals surface area contributed by atoms with Crippen molar-refractivity contribution >= 4 is 29.9 Å². The van der Waals surface area contributed by atoms with Crippen molar-refractivity contribution in [2.45, 2.75) is 19.3 Å². The first kappa shape index (κ1) is 19.1. The number of methoxy groups -OCH3 is 1. The monoisotopic (exact) mass is 395 g/mol. The summed E-state index contributed by atoms with van der Waals surface area (Å²) in [7, 11) is 1.62. The largest absolute Gasteiger partial charge is 0.383 e. The van der Waals surface area contributed by atoms with E-state index in [9.17, 15) is 4.39 Å². The van der Waals surface area contributed by atoms with Crippen LogP contribution >= 0.6 is 24.0 Å². The molecule has 0 amide bonds. The van der Waals surface area contributed by atoms with Gasteiger partial charge in [-0.25, -0.2) is 4.39 Å². The van der Waals surface area contributed by atoms with Crippen molar-refractivity contribution in [1.82, 2.24) is 5.32 Å². The van der Waals surface area contributed by atoms with Crippen molar-refractivity contribution in [2.24, 2.45) is 10.7 Å². The SMILES string of the molecule is COCCNC(N)=NCC(C)(C)c1ccccc1F.I. The topological polar surface area (TPSA) is 59.6 Å². The van der Waals surface area contributed by atoms with Gasteiger partial charge >= 0.3 is 0 Å². The van der Waals surface area contributed by atoms with Crippen molar-refractivity contribution in [3.05, 3.63) is 35.6 Å². The summed E-state index contributed by atoms with van der Waals surface area (Å²) in [4.78, 5) is 4.25. The summed E-state index contributed by atoms with van der Waals surface area (Å²) in [6, 6.07) is 6.74. The van der Waals surface area contributed by atoms with E-state index in [0.29, 0.717) is 31.2 Å². The van der Waals surface area contributed by atoms with E-state index in [0.717, 1.165) is 0 Å². The van der Waals surface area contributed by atoms with Gasteiger partial charge in [0.25, 0.3) is 0 Å². The van der Waals surface area contributed by atoms with E-state index in [1.165, 1.54) is 6.07 Å². The lowest BCUT2D eigenvalue weighted by atomic mass is 9.84. The number of nitrogens with one attached hydrogen (secondary N) is 1. The van der Waals surface area contributed by atoms with E-state index in [-0.39, 0.29) is 29.8 Å². The van der Waals surface area contributed by atoms with E-state index >= 15 is 0 Å². The van der Waals surface area contributed by atoms with Crippen LogP contribution in [0.2, 0.25) is 0 Å². The summed E-state index contributed by atoms with van der Waals surface area (Å²) in [6.07, 6.45) is 0. The summed E-state index contributed by atoms with van der Waals surface area (Å²) in [6.45, 7) is 5.47. The molecule has 0 aliphatic carbocycles. The zero-order valence-electron chi connectivity index (χ0n) is 12.1. The molecule has 0 saturated carbocycles. The predicted molar refractivity (Wildman–Crippen MR) is 91.2 cm³/mol. The minimum Gasteiger partial charge on any atom is -0.383 e. The number of hydrogen-bond donors (Lipinski definition) is 2. The number of benzene rings is 1. The molecule has 0 bridgehead atoms. The minimum atomic E-state index is -0.404. The van der Waals surface area contributed by atoms with Crippen molar-refractivity contribution < 1.29 is 9.13 Å². The number of guanidine groups is 1. The molecule has 1 aromatic carbocycles. The fraction of sp³-hybridized carbons (Fsp3) is 0.500. The number of hydrogen-bond acceptors (Lipinski definition) is 2. The highest BCUT2D eigenvalue weighted by atomic mass is 127. The molecule has 6 heteroatoms. The normalized spacial score (nSPS) is 11.9. The lowest BCUT2D eigenvalue weighted by Gasteiger charge is -2.23. The molecule has 0 fully saturated rings. The summed E-state index contributed by atoms with van der Waals surface area (Å²) >= 11 is 0. The molecule has 0 atom stereocenters. The van der Waals surface area contributed by atoms with E-state index in [1.54, 1.807) is 19.2 Å². The molecule has 20 heavy (non-hydrogen) atoms. The third-order valence-corrected chi connectivity index (χ3v) is 2.86. The molecule has 0 radical (unpaired) electrons. The lowest BCUT2D eigenvalue weighted by molar-refractivity contribution is 0.204. The van der Waals surface area contributed by atoms with Gasteiger partial charge in [-0.05, 0) is 11.6 Å². The van der Waals surface area contributed by atoms with Crippen LogP contribution in [0, 0.1) is 5.82 Å². The summed E-state index contributed by atoms with van der Waals surface area (Å²) in [5, 5.41) is 2.93. The fourth-order valence-electron chi connectivity index (χ4n) is 1.72. The smallest absolute Gasteiger partial charge is 0.188 e. The Morgan fingerprint density at radius 1 is 1.40 bits per heavy atom. The van der Waals surface area contributed by atoms with Crippen LogP contribution in [0.5, 0.6) is 0 Å². The van der Waals surface area contributed by atoms with Gasteiger partial charge in [-0.15, -0.1) is 24.0 Å². The first-order chi connectivity index (χ1) is 8.97. The maximum atomic E-state index is 13.7.